The summed E-state index contributed by atoms with van der Waals surface area (Å²) in [4.78, 5) is 11.6. The van der Waals surface area contributed by atoms with Crippen LogP contribution in [0.1, 0.15) is 26.3 Å². The monoisotopic (exact) mass is 390 g/mol. The summed E-state index contributed by atoms with van der Waals surface area (Å²) in [6.07, 6.45) is 2.43. The van der Waals surface area contributed by atoms with E-state index in [1.807, 2.05) is 6.07 Å². The second-order valence-electron chi connectivity index (χ2n) is 6.77. The maximum Gasteiger partial charge on any atom is 0.331 e. The minimum atomic E-state index is -4.62. The van der Waals surface area contributed by atoms with Crippen LogP contribution in [0.3, 0.4) is 0 Å². The van der Waals surface area contributed by atoms with Gasteiger partial charge in [0.05, 0.1) is 7.11 Å². The molecule has 7 heteroatoms. The molecule has 2 rings (SSSR count). The van der Waals surface area contributed by atoms with Crippen molar-refractivity contribution >= 4 is 22.2 Å². The van der Waals surface area contributed by atoms with Crippen LogP contribution in [0, 0.1) is 0 Å². The largest absolute Gasteiger partial charge is 0.495 e. The summed E-state index contributed by atoms with van der Waals surface area (Å²) in [6.45, 7) is 5.18. The van der Waals surface area contributed by atoms with Gasteiger partial charge in [-0.3, -0.25) is 4.55 Å². The topological polar surface area (TPSA) is 89.9 Å². The summed E-state index contributed by atoms with van der Waals surface area (Å²) >= 11 is 0. The second kappa shape index (κ2) is 7.94. The van der Waals surface area contributed by atoms with E-state index in [0.29, 0.717) is 11.1 Å². The summed E-state index contributed by atoms with van der Waals surface area (Å²) in [7, 11) is -3.32. The zero-order valence-corrected chi connectivity index (χ0v) is 16.4. The fourth-order valence-corrected chi connectivity index (χ4v) is 3.39. The van der Waals surface area contributed by atoms with E-state index in [4.69, 9.17) is 9.47 Å². The lowest BCUT2D eigenvalue weighted by Gasteiger charge is -2.18. The molecule has 0 aliphatic heterocycles. The van der Waals surface area contributed by atoms with Crippen molar-refractivity contribution in [1.82, 2.24) is 0 Å². The zero-order valence-electron chi connectivity index (χ0n) is 15.6. The first-order valence-corrected chi connectivity index (χ1v) is 9.62. The van der Waals surface area contributed by atoms with Crippen molar-refractivity contribution in [2.24, 2.45) is 0 Å². The fourth-order valence-electron chi connectivity index (χ4n) is 2.53. The number of methoxy groups -OCH3 is 1. The Hall–Kier alpha value is -2.64. The van der Waals surface area contributed by atoms with Gasteiger partial charge in [-0.2, -0.15) is 8.42 Å². The molecule has 0 atom stereocenters. The molecule has 0 aliphatic rings. The number of benzene rings is 2. The second-order valence-corrected chi connectivity index (χ2v) is 8.12. The normalized spacial score (nSPS) is 12.2. The highest BCUT2D eigenvalue weighted by atomic mass is 32.2. The summed E-state index contributed by atoms with van der Waals surface area (Å²) in [5, 5.41) is 0. The molecule has 6 nitrogen and oxygen atoms in total. The van der Waals surface area contributed by atoms with E-state index in [0.717, 1.165) is 6.08 Å². The van der Waals surface area contributed by atoms with Crippen LogP contribution in [0.2, 0.25) is 0 Å². The van der Waals surface area contributed by atoms with Crippen molar-refractivity contribution in [2.45, 2.75) is 31.3 Å². The first-order valence-electron chi connectivity index (χ1n) is 8.18. The van der Waals surface area contributed by atoms with Crippen molar-refractivity contribution in [2.75, 3.05) is 7.11 Å². The molecule has 0 radical (unpaired) electrons. The number of rotatable bonds is 5. The van der Waals surface area contributed by atoms with Crippen molar-refractivity contribution in [1.29, 1.82) is 0 Å². The van der Waals surface area contributed by atoms with Crippen molar-refractivity contribution in [3.63, 3.8) is 0 Å². The maximum absolute atomic E-state index is 12.0. The Labute approximate surface area is 159 Å². The van der Waals surface area contributed by atoms with Crippen LogP contribution < -0.4 is 4.74 Å². The molecule has 0 saturated carbocycles. The molecule has 0 unspecified atom stereocenters. The summed E-state index contributed by atoms with van der Waals surface area (Å²) < 4.78 is 44.1. The van der Waals surface area contributed by atoms with Gasteiger partial charge in [0.25, 0.3) is 10.1 Å². The van der Waals surface area contributed by atoms with E-state index in [1.165, 1.54) is 19.3 Å². The molecular formula is C20H22O6S. The van der Waals surface area contributed by atoms with Gasteiger partial charge in [-0.25, -0.2) is 4.79 Å². The number of hydrogen-bond donors (Lipinski definition) is 1. The molecule has 0 aromatic heterocycles. The molecule has 0 spiro atoms. The van der Waals surface area contributed by atoms with E-state index in [1.54, 1.807) is 51.1 Å². The lowest BCUT2D eigenvalue weighted by atomic mass is 9.99. The first kappa shape index (κ1) is 20.7. The summed E-state index contributed by atoms with van der Waals surface area (Å²) in [6, 6.07) is 12.1. The van der Waals surface area contributed by atoms with Crippen LogP contribution in [0.15, 0.2) is 53.4 Å². The van der Waals surface area contributed by atoms with Crippen LogP contribution in [-0.2, 0) is 19.6 Å². The van der Waals surface area contributed by atoms with E-state index in [2.05, 4.69) is 0 Å². The van der Waals surface area contributed by atoms with Gasteiger partial charge in [0, 0.05) is 11.6 Å². The van der Waals surface area contributed by atoms with E-state index in [9.17, 15) is 17.8 Å². The molecule has 0 fully saturated rings. The summed E-state index contributed by atoms with van der Waals surface area (Å²) in [5.74, 6) is -0.661. The number of esters is 1. The smallest absolute Gasteiger partial charge is 0.331 e. The van der Waals surface area contributed by atoms with Gasteiger partial charge in [0.2, 0.25) is 0 Å². The number of carbonyl (C=O) groups is 1. The minimum absolute atomic E-state index is 0.0268. The van der Waals surface area contributed by atoms with E-state index < -0.39 is 26.6 Å². The van der Waals surface area contributed by atoms with Crippen LogP contribution >= 0.6 is 0 Å². The molecule has 144 valence electrons. The fraction of sp³-hybridized carbons (Fsp3) is 0.250. The quantitative estimate of drug-likeness (QED) is 0.472. The molecule has 0 saturated heterocycles. The third-order valence-corrected chi connectivity index (χ3v) is 4.45. The molecule has 2 aromatic rings. The average Bonchev–Trinajstić information content (AvgIpc) is 2.57. The molecule has 0 amide bonds. The van der Waals surface area contributed by atoms with Gasteiger partial charge in [0.1, 0.15) is 16.2 Å². The number of ether oxygens (including phenoxy) is 2. The lowest BCUT2D eigenvalue weighted by Crippen LogP contribution is -2.22. The molecule has 0 aliphatic carbocycles. The molecule has 2 aromatic carbocycles. The van der Waals surface area contributed by atoms with Gasteiger partial charge in [-0.15, -0.1) is 0 Å². The van der Waals surface area contributed by atoms with Gasteiger partial charge in [0.15, 0.2) is 0 Å². The third-order valence-electron chi connectivity index (χ3n) is 3.52. The van der Waals surface area contributed by atoms with Gasteiger partial charge >= 0.3 is 5.97 Å². The molecular weight excluding hydrogens is 368 g/mol. The van der Waals surface area contributed by atoms with Crippen molar-refractivity contribution in [3.05, 3.63) is 54.1 Å². The highest BCUT2D eigenvalue weighted by molar-refractivity contribution is 7.86. The van der Waals surface area contributed by atoms with Crippen LogP contribution in [0.4, 0.5) is 0 Å². The van der Waals surface area contributed by atoms with Crippen molar-refractivity contribution in [3.8, 4) is 16.9 Å². The Balaban J connectivity index is 2.69. The third kappa shape index (κ3) is 5.42. The molecule has 0 heterocycles. The lowest BCUT2D eigenvalue weighted by molar-refractivity contribution is -0.148. The Morgan fingerprint density at radius 2 is 1.70 bits per heavy atom. The Morgan fingerprint density at radius 3 is 2.22 bits per heavy atom. The highest BCUT2D eigenvalue weighted by Gasteiger charge is 2.24. The van der Waals surface area contributed by atoms with Crippen LogP contribution in [0.5, 0.6) is 5.75 Å². The Bertz CT molecular complexity index is 954. The zero-order chi connectivity index (χ0) is 20.2. The standard InChI is InChI=1S/C20H22O6S/c1-20(2,3)26-18(21)13-11-16-15(14-8-6-5-7-9-14)10-12-17(25-4)19(16)27(22,23)24/h5-13H,1-4H3,(H,22,23,24)/b13-11+. The van der Waals surface area contributed by atoms with Crippen molar-refractivity contribution < 1.29 is 27.2 Å². The number of hydrogen-bond acceptors (Lipinski definition) is 5. The van der Waals surface area contributed by atoms with Gasteiger partial charge in [-0.05, 0) is 44.0 Å². The predicted octanol–water partition coefficient (Wildman–Crippen LogP) is 3.96. The average molecular weight is 390 g/mol. The Kier molecular flexibility index (Phi) is 6.08. The molecule has 0 bridgehead atoms. The van der Waals surface area contributed by atoms with Gasteiger partial charge in [-0.1, -0.05) is 36.4 Å². The molecule has 1 N–H and O–H groups in total. The summed E-state index contributed by atoms with van der Waals surface area (Å²) in [5.41, 5.74) is 0.677. The highest BCUT2D eigenvalue weighted by Crippen LogP contribution is 2.36. The minimum Gasteiger partial charge on any atom is -0.495 e. The van der Waals surface area contributed by atoms with E-state index >= 15 is 0 Å². The van der Waals surface area contributed by atoms with Gasteiger partial charge < -0.3 is 9.47 Å². The van der Waals surface area contributed by atoms with E-state index in [-0.39, 0.29) is 11.3 Å². The predicted molar refractivity (Wildman–Crippen MR) is 103 cm³/mol. The SMILES string of the molecule is COc1ccc(-c2ccccc2)c(/C=C/C(=O)OC(C)(C)C)c1S(=O)(=O)O. The van der Waals surface area contributed by atoms with Crippen LogP contribution in [-0.4, -0.2) is 31.7 Å². The maximum atomic E-state index is 12.0. The first-order chi connectivity index (χ1) is 12.5. The Morgan fingerprint density at radius 1 is 1.07 bits per heavy atom. The number of carbonyl (C=O) groups excluding carboxylic acids is 1. The van der Waals surface area contributed by atoms with Crippen LogP contribution in [0.25, 0.3) is 17.2 Å². The molecule has 27 heavy (non-hydrogen) atoms.